The number of carbonyl (C=O) groups is 1. The zero-order valence-corrected chi connectivity index (χ0v) is 15.2. The smallest absolute Gasteiger partial charge is 0.163 e. The molecule has 3 rings (SSSR count). The number of methoxy groups -OCH3 is 1. The molecule has 0 amide bonds. The van der Waals surface area contributed by atoms with Gasteiger partial charge in [0.15, 0.2) is 17.3 Å². The van der Waals surface area contributed by atoms with Crippen LogP contribution in [0.5, 0.6) is 17.2 Å². The van der Waals surface area contributed by atoms with Gasteiger partial charge >= 0.3 is 0 Å². The van der Waals surface area contributed by atoms with Gasteiger partial charge < -0.3 is 20.1 Å². The van der Waals surface area contributed by atoms with Crippen LogP contribution in [-0.4, -0.2) is 33.8 Å². The predicted molar refractivity (Wildman–Crippen MR) is 97.9 cm³/mol. The third-order valence-corrected chi connectivity index (χ3v) is 5.29. The summed E-state index contributed by atoms with van der Waals surface area (Å²) in [5.41, 5.74) is 1.32. The van der Waals surface area contributed by atoms with Crippen LogP contribution in [0.4, 0.5) is 0 Å². The maximum Gasteiger partial charge on any atom is 0.163 e. The van der Waals surface area contributed by atoms with Crippen LogP contribution in [-0.2, 0) is 6.42 Å². The summed E-state index contributed by atoms with van der Waals surface area (Å²) in [6.45, 7) is 3.49. The second-order valence-electron chi connectivity index (χ2n) is 7.43. The molecule has 5 nitrogen and oxygen atoms in total. The van der Waals surface area contributed by atoms with E-state index in [2.05, 4.69) is 0 Å². The molecular formula is C21H24O5. The number of aliphatic hydroxyl groups is 1. The number of ketones is 1. The highest BCUT2D eigenvalue weighted by molar-refractivity contribution is 5.96. The minimum atomic E-state index is -0.987. The summed E-state index contributed by atoms with van der Waals surface area (Å²) < 4.78 is 5.36. The average molecular weight is 356 g/mol. The van der Waals surface area contributed by atoms with E-state index < -0.39 is 5.60 Å². The number of phenols is 2. The van der Waals surface area contributed by atoms with Crippen molar-refractivity contribution in [3.05, 3.63) is 53.1 Å². The zero-order valence-electron chi connectivity index (χ0n) is 15.2. The quantitative estimate of drug-likeness (QED) is 0.715. The van der Waals surface area contributed by atoms with Gasteiger partial charge in [-0.3, -0.25) is 4.79 Å². The van der Waals surface area contributed by atoms with Crippen LogP contribution >= 0.6 is 0 Å². The van der Waals surface area contributed by atoms with Gasteiger partial charge in [0.2, 0.25) is 0 Å². The lowest BCUT2D eigenvalue weighted by atomic mass is 9.78. The van der Waals surface area contributed by atoms with Gasteiger partial charge in [0.25, 0.3) is 0 Å². The molecule has 2 aromatic carbocycles. The van der Waals surface area contributed by atoms with E-state index in [4.69, 9.17) is 4.74 Å². The van der Waals surface area contributed by atoms with Crippen molar-refractivity contribution in [1.82, 2.24) is 0 Å². The number of benzene rings is 2. The molecule has 3 N–H and O–H groups in total. The normalized spacial score (nSPS) is 19.2. The standard InChI is InChI=1S/C21H24O5/c1-21(2,25)17-10-16-14(8-9-18(23)20(16)26-3)15(17)11-19(24)12-4-6-13(22)7-5-12/h4-9,15,17,22-23,25H,10-11H2,1-3H3. The molecule has 2 aromatic rings. The van der Waals surface area contributed by atoms with Gasteiger partial charge in [0.1, 0.15) is 5.75 Å². The molecule has 0 aromatic heterocycles. The van der Waals surface area contributed by atoms with Crippen molar-refractivity contribution in [2.24, 2.45) is 5.92 Å². The minimum absolute atomic E-state index is 0.0517. The van der Waals surface area contributed by atoms with Crippen molar-refractivity contribution < 1.29 is 24.9 Å². The van der Waals surface area contributed by atoms with Crippen LogP contribution in [0.25, 0.3) is 0 Å². The largest absolute Gasteiger partial charge is 0.508 e. The fraction of sp³-hybridized carbons (Fsp3) is 0.381. The Morgan fingerprint density at radius 1 is 1.15 bits per heavy atom. The molecule has 0 fully saturated rings. The number of aromatic hydroxyl groups is 2. The first-order chi connectivity index (χ1) is 12.2. The third-order valence-electron chi connectivity index (χ3n) is 5.29. The molecule has 138 valence electrons. The van der Waals surface area contributed by atoms with E-state index in [9.17, 15) is 20.1 Å². The lowest BCUT2D eigenvalue weighted by molar-refractivity contribution is 0.00913. The Hall–Kier alpha value is -2.53. The molecule has 0 spiro atoms. The lowest BCUT2D eigenvalue weighted by Crippen LogP contribution is -2.34. The van der Waals surface area contributed by atoms with Crippen molar-refractivity contribution in [3.63, 3.8) is 0 Å². The van der Waals surface area contributed by atoms with E-state index >= 15 is 0 Å². The van der Waals surface area contributed by atoms with Crippen molar-refractivity contribution >= 4 is 5.78 Å². The molecule has 2 atom stereocenters. The zero-order chi connectivity index (χ0) is 19.1. The minimum Gasteiger partial charge on any atom is -0.508 e. The first kappa shape index (κ1) is 18.3. The summed E-state index contributed by atoms with van der Waals surface area (Å²) in [5.74, 6) is 0.184. The Kier molecular flexibility index (Phi) is 4.67. The van der Waals surface area contributed by atoms with Crippen LogP contribution in [0.15, 0.2) is 36.4 Å². The fourth-order valence-electron chi connectivity index (χ4n) is 3.95. The molecule has 0 heterocycles. The Bertz CT molecular complexity index is 818. The third kappa shape index (κ3) is 3.27. The first-order valence-corrected chi connectivity index (χ1v) is 8.65. The highest BCUT2D eigenvalue weighted by atomic mass is 16.5. The molecule has 0 radical (unpaired) electrons. The second-order valence-corrected chi connectivity index (χ2v) is 7.43. The SMILES string of the molecule is COc1c(O)ccc2c1CC(C(C)(C)O)C2CC(=O)c1ccc(O)cc1. The maximum atomic E-state index is 12.8. The number of phenolic OH excluding ortho intramolecular Hbond substituents is 2. The summed E-state index contributed by atoms with van der Waals surface area (Å²) in [6, 6.07) is 9.57. The van der Waals surface area contributed by atoms with Gasteiger partial charge in [-0.15, -0.1) is 0 Å². The summed E-state index contributed by atoms with van der Waals surface area (Å²) in [5, 5.41) is 30.1. The van der Waals surface area contributed by atoms with Crippen molar-refractivity contribution in [1.29, 1.82) is 0 Å². The summed E-state index contributed by atoms with van der Waals surface area (Å²) >= 11 is 0. The summed E-state index contributed by atoms with van der Waals surface area (Å²) in [7, 11) is 1.50. The lowest BCUT2D eigenvalue weighted by Gasteiger charge is -2.31. The van der Waals surface area contributed by atoms with E-state index in [-0.39, 0.29) is 35.5 Å². The summed E-state index contributed by atoms with van der Waals surface area (Å²) in [6.07, 6.45) is 0.768. The molecule has 0 bridgehead atoms. The fourth-order valence-corrected chi connectivity index (χ4v) is 3.95. The van der Waals surface area contributed by atoms with Gasteiger partial charge in [-0.25, -0.2) is 0 Å². The predicted octanol–water partition coefficient (Wildman–Crippen LogP) is 3.41. The van der Waals surface area contributed by atoms with Gasteiger partial charge in [-0.05, 0) is 68.0 Å². The summed E-state index contributed by atoms with van der Waals surface area (Å²) in [4.78, 5) is 12.8. The Balaban J connectivity index is 1.98. The van der Waals surface area contributed by atoms with Crippen LogP contribution in [0, 0.1) is 5.92 Å². The molecule has 0 saturated carbocycles. The number of hydrogen-bond donors (Lipinski definition) is 3. The van der Waals surface area contributed by atoms with E-state index in [1.54, 1.807) is 32.0 Å². The molecule has 5 heteroatoms. The van der Waals surface area contributed by atoms with E-state index in [0.29, 0.717) is 17.7 Å². The van der Waals surface area contributed by atoms with Gasteiger partial charge in [-0.2, -0.15) is 0 Å². The van der Waals surface area contributed by atoms with Gasteiger partial charge in [0.05, 0.1) is 12.7 Å². The second kappa shape index (κ2) is 6.65. The van der Waals surface area contributed by atoms with Gasteiger partial charge in [-0.1, -0.05) is 6.07 Å². The molecule has 0 aliphatic heterocycles. The number of fused-ring (bicyclic) bond motifs is 1. The number of Topliss-reactive ketones (excluding diaryl/α,β-unsaturated/α-hetero) is 1. The van der Waals surface area contributed by atoms with E-state index in [0.717, 1.165) is 11.1 Å². The number of hydrogen-bond acceptors (Lipinski definition) is 5. The first-order valence-electron chi connectivity index (χ1n) is 8.65. The highest BCUT2D eigenvalue weighted by Crippen LogP contribution is 2.50. The number of ether oxygens (including phenoxy) is 1. The van der Waals surface area contributed by atoms with Crippen LogP contribution in [0.2, 0.25) is 0 Å². The maximum absolute atomic E-state index is 12.8. The van der Waals surface area contributed by atoms with Crippen LogP contribution in [0.1, 0.15) is 47.7 Å². The molecule has 1 aliphatic carbocycles. The highest BCUT2D eigenvalue weighted by Gasteiger charge is 2.43. The molecular weight excluding hydrogens is 332 g/mol. The molecule has 1 aliphatic rings. The number of carbonyl (C=O) groups excluding carboxylic acids is 1. The van der Waals surface area contributed by atoms with E-state index in [1.807, 2.05) is 6.07 Å². The average Bonchev–Trinajstić information content (AvgIpc) is 2.94. The number of rotatable bonds is 5. The van der Waals surface area contributed by atoms with Crippen molar-refractivity contribution in [2.45, 2.75) is 38.2 Å². The Morgan fingerprint density at radius 3 is 2.38 bits per heavy atom. The van der Waals surface area contributed by atoms with E-state index in [1.165, 1.54) is 19.2 Å². The Morgan fingerprint density at radius 2 is 1.81 bits per heavy atom. The monoisotopic (exact) mass is 356 g/mol. The van der Waals surface area contributed by atoms with Crippen molar-refractivity contribution in [3.8, 4) is 17.2 Å². The van der Waals surface area contributed by atoms with Gasteiger partial charge in [0, 0.05) is 17.5 Å². The Labute approximate surface area is 152 Å². The molecule has 26 heavy (non-hydrogen) atoms. The van der Waals surface area contributed by atoms with Crippen LogP contribution < -0.4 is 4.74 Å². The van der Waals surface area contributed by atoms with Crippen LogP contribution in [0.3, 0.4) is 0 Å². The topological polar surface area (TPSA) is 87.0 Å². The van der Waals surface area contributed by atoms with Crippen molar-refractivity contribution in [2.75, 3.05) is 7.11 Å². The molecule has 0 saturated heterocycles. The molecule has 2 unspecified atom stereocenters.